The van der Waals surface area contributed by atoms with Gasteiger partial charge < -0.3 is 10.2 Å². The van der Waals surface area contributed by atoms with E-state index in [0.29, 0.717) is 32.1 Å². The smallest absolute Gasteiger partial charge is 0.303 e. The molecule has 13 heavy (non-hydrogen) atoms. The molecule has 0 bridgehead atoms. The molecule has 76 valence electrons. The van der Waals surface area contributed by atoms with E-state index in [0.717, 1.165) is 0 Å². The zero-order chi connectivity index (χ0) is 10.1. The largest absolute Gasteiger partial charge is 0.481 e. The highest BCUT2D eigenvalue weighted by atomic mass is 16.4. The summed E-state index contributed by atoms with van der Waals surface area (Å²) in [5.41, 5.74) is 0. The van der Waals surface area contributed by atoms with Gasteiger partial charge in [-0.25, -0.2) is 0 Å². The maximum absolute atomic E-state index is 11.0. The third-order valence-electron chi connectivity index (χ3n) is 1.71. The molecule has 0 saturated heterocycles. The van der Waals surface area contributed by atoms with Crippen LogP contribution >= 0.6 is 0 Å². The summed E-state index contributed by atoms with van der Waals surface area (Å²) in [6.45, 7) is 0.113. The van der Waals surface area contributed by atoms with Crippen LogP contribution in [0.1, 0.15) is 38.5 Å². The van der Waals surface area contributed by atoms with Crippen LogP contribution in [0.5, 0.6) is 0 Å². The van der Waals surface area contributed by atoms with Gasteiger partial charge >= 0.3 is 5.97 Å². The molecule has 0 heterocycles. The number of aliphatic hydroxyl groups excluding tert-OH is 1. The second kappa shape index (κ2) is 7.73. The molecule has 0 aromatic rings. The normalized spacial score (nSPS) is 9.92. The minimum absolute atomic E-state index is 0.0612. The van der Waals surface area contributed by atoms with E-state index in [-0.39, 0.29) is 18.8 Å². The van der Waals surface area contributed by atoms with Gasteiger partial charge in [0.1, 0.15) is 5.78 Å². The van der Waals surface area contributed by atoms with Crippen LogP contribution < -0.4 is 0 Å². The summed E-state index contributed by atoms with van der Waals surface area (Å²) in [6.07, 6.45) is 2.63. The van der Waals surface area contributed by atoms with Crippen molar-refractivity contribution in [2.45, 2.75) is 38.5 Å². The molecular weight excluding hydrogens is 172 g/mol. The van der Waals surface area contributed by atoms with Crippen LogP contribution in [0.3, 0.4) is 0 Å². The number of rotatable bonds is 8. The van der Waals surface area contributed by atoms with Crippen molar-refractivity contribution in [3.8, 4) is 0 Å². The number of hydrogen-bond acceptors (Lipinski definition) is 3. The van der Waals surface area contributed by atoms with E-state index < -0.39 is 5.97 Å². The van der Waals surface area contributed by atoms with Gasteiger partial charge in [0.15, 0.2) is 0 Å². The first-order chi connectivity index (χ1) is 6.16. The van der Waals surface area contributed by atoms with Gasteiger partial charge in [-0.3, -0.25) is 9.59 Å². The standard InChI is InChI=1S/C9H16O4/c10-7-2-1-4-8(11)5-3-6-9(12)13/h10H,1-7H2,(H,12,13). The van der Waals surface area contributed by atoms with Crippen molar-refractivity contribution in [1.29, 1.82) is 0 Å². The topological polar surface area (TPSA) is 74.6 Å². The maximum Gasteiger partial charge on any atom is 0.303 e. The fourth-order valence-corrected chi connectivity index (χ4v) is 0.996. The summed E-state index contributed by atoms with van der Waals surface area (Å²) in [5.74, 6) is -0.766. The predicted molar refractivity (Wildman–Crippen MR) is 47.4 cm³/mol. The summed E-state index contributed by atoms with van der Waals surface area (Å²) in [5, 5.41) is 16.7. The van der Waals surface area contributed by atoms with Crippen LogP contribution in [0.2, 0.25) is 0 Å². The fourth-order valence-electron chi connectivity index (χ4n) is 0.996. The first-order valence-corrected chi connectivity index (χ1v) is 4.51. The Hall–Kier alpha value is -0.900. The summed E-state index contributed by atoms with van der Waals surface area (Å²) in [7, 11) is 0. The van der Waals surface area contributed by atoms with Crippen molar-refractivity contribution in [2.75, 3.05) is 6.61 Å². The van der Waals surface area contributed by atoms with Gasteiger partial charge in [-0.1, -0.05) is 0 Å². The summed E-state index contributed by atoms with van der Waals surface area (Å²) in [4.78, 5) is 21.1. The minimum Gasteiger partial charge on any atom is -0.481 e. The van der Waals surface area contributed by atoms with Gasteiger partial charge in [0.2, 0.25) is 0 Å². The fraction of sp³-hybridized carbons (Fsp3) is 0.778. The molecular formula is C9H16O4. The van der Waals surface area contributed by atoms with Crippen LogP contribution in [-0.2, 0) is 9.59 Å². The molecule has 0 rings (SSSR count). The average molecular weight is 188 g/mol. The molecule has 0 radical (unpaired) electrons. The Morgan fingerprint density at radius 3 is 2.08 bits per heavy atom. The molecule has 0 aliphatic heterocycles. The van der Waals surface area contributed by atoms with Crippen molar-refractivity contribution < 1.29 is 19.8 Å². The Morgan fingerprint density at radius 2 is 1.54 bits per heavy atom. The maximum atomic E-state index is 11.0. The molecule has 0 amide bonds. The first-order valence-electron chi connectivity index (χ1n) is 4.51. The summed E-state index contributed by atoms with van der Waals surface area (Å²) < 4.78 is 0. The average Bonchev–Trinajstić information content (AvgIpc) is 2.04. The molecule has 0 saturated carbocycles. The van der Waals surface area contributed by atoms with Crippen molar-refractivity contribution in [2.24, 2.45) is 0 Å². The van der Waals surface area contributed by atoms with Crippen molar-refractivity contribution in [3.05, 3.63) is 0 Å². The van der Waals surface area contributed by atoms with Gasteiger partial charge in [-0.15, -0.1) is 0 Å². The lowest BCUT2D eigenvalue weighted by Gasteiger charge is -1.98. The minimum atomic E-state index is -0.858. The molecule has 0 unspecified atom stereocenters. The number of carboxylic acid groups (broad SMARTS) is 1. The number of carboxylic acids is 1. The second-order valence-electron chi connectivity index (χ2n) is 2.97. The molecule has 0 aromatic heterocycles. The lowest BCUT2D eigenvalue weighted by Crippen LogP contribution is -2.01. The number of aliphatic hydroxyl groups is 1. The molecule has 0 atom stereocenters. The van der Waals surface area contributed by atoms with Crippen molar-refractivity contribution in [3.63, 3.8) is 0 Å². The van der Waals surface area contributed by atoms with Gasteiger partial charge in [0, 0.05) is 25.9 Å². The summed E-state index contributed by atoms with van der Waals surface area (Å²) in [6, 6.07) is 0. The first kappa shape index (κ1) is 12.1. The number of aliphatic carboxylic acids is 1. The number of unbranched alkanes of at least 4 members (excludes halogenated alkanes) is 1. The van der Waals surface area contributed by atoms with Crippen LogP contribution in [-0.4, -0.2) is 28.6 Å². The highest BCUT2D eigenvalue weighted by Crippen LogP contribution is 2.03. The third kappa shape index (κ3) is 9.01. The van der Waals surface area contributed by atoms with E-state index in [2.05, 4.69) is 0 Å². The van der Waals surface area contributed by atoms with Crippen molar-refractivity contribution >= 4 is 11.8 Å². The molecule has 0 aliphatic rings. The Kier molecular flexibility index (Phi) is 7.20. The monoisotopic (exact) mass is 188 g/mol. The number of carbonyl (C=O) groups is 2. The van der Waals surface area contributed by atoms with Gasteiger partial charge in [0.05, 0.1) is 0 Å². The van der Waals surface area contributed by atoms with E-state index in [4.69, 9.17) is 10.2 Å². The van der Waals surface area contributed by atoms with E-state index in [1.165, 1.54) is 0 Å². The van der Waals surface area contributed by atoms with Crippen LogP contribution in [0.15, 0.2) is 0 Å². The van der Waals surface area contributed by atoms with Crippen LogP contribution in [0, 0.1) is 0 Å². The predicted octanol–water partition coefficient (Wildman–Crippen LogP) is 0.973. The number of ketones is 1. The third-order valence-corrected chi connectivity index (χ3v) is 1.71. The SMILES string of the molecule is O=C(O)CCCC(=O)CCCCO. The number of carbonyl (C=O) groups excluding carboxylic acids is 1. The van der Waals surface area contributed by atoms with E-state index >= 15 is 0 Å². The van der Waals surface area contributed by atoms with Crippen LogP contribution in [0.25, 0.3) is 0 Å². The highest BCUT2D eigenvalue weighted by molar-refractivity contribution is 5.78. The Morgan fingerprint density at radius 1 is 0.923 bits per heavy atom. The molecule has 2 N–H and O–H groups in total. The second-order valence-corrected chi connectivity index (χ2v) is 2.97. The molecule has 4 heteroatoms. The Bertz CT molecular complexity index is 165. The van der Waals surface area contributed by atoms with E-state index in [1.807, 2.05) is 0 Å². The molecule has 0 fully saturated rings. The van der Waals surface area contributed by atoms with E-state index in [1.54, 1.807) is 0 Å². The molecule has 0 spiro atoms. The number of hydrogen-bond donors (Lipinski definition) is 2. The zero-order valence-electron chi connectivity index (χ0n) is 7.66. The van der Waals surface area contributed by atoms with Gasteiger partial charge in [-0.05, 0) is 19.3 Å². The van der Waals surface area contributed by atoms with Gasteiger partial charge in [-0.2, -0.15) is 0 Å². The Labute approximate surface area is 77.6 Å². The Balaban J connectivity index is 3.25. The summed E-state index contributed by atoms with van der Waals surface area (Å²) >= 11 is 0. The highest BCUT2D eigenvalue weighted by Gasteiger charge is 2.03. The molecule has 0 aliphatic carbocycles. The van der Waals surface area contributed by atoms with Crippen molar-refractivity contribution in [1.82, 2.24) is 0 Å². The molecule has 4 nitrogen and oxygen atoms in total. The number of Topliss-reactive ketones (excluding diaryl/α,β-unsaturated/α-hetero) is 1. The quantitative estimate of drug-likeness (QED) is 0.557. The lowest BCUT2D eigenvalue weighted by atomic mass is 10.1. The van der Waals surface area contributed by atoms with Crippen LogP contribution in [0.4, 0.5) is 0 Å². The zero-order valence-corrected chi connectivity index (χ0v) is 7.66. The molecule has 0 aromatic carbocycles. The van der Waals surface area contributed by atoms with Gasteiger partial charge in [0.25, 0.3) is 0 Å². The lowest BCUT2D eigenvalue weighted by molar-refractivity contribution is -0.137. The van der Waals surface area contributed by atoms with E-state index in [9.17, 15) is 9.59 Å².